The molecule has 4 nitrogen and oxygen atoms in total. The predicted octanol–water partition coefficient (Wildman–Crippen LogP) is 2.46. The molecule has 0 bridgehead atoms. The van der Waals surface area contributed by atoms with Crippen molar-refractivity contribution in [1.29, 1.82) is 0 Å². The number of hydrogen-bond acceptors (Lipinski definition) is 2. The molecule has 1 N–H and O–H groups in total. The van der Waals surface area contributed by atoms with Gasteiger partial charge in [-0.3, -0.25) is 0 Å². The molecule has 114 valence electrons. The largest absolute Gasteiger partial charge is 0.371 e. The SMILES string of the molecule is O=C(NCC1CCN(c2ccc(F)cc2)C1)N1CCCC1. The Bertz CT molecular complexity index is 485. The van der Waals surface area contributed by atoms with Crippen molar-refractivity contribution in [3.05, 3.63) is 30.1 Å². The van der Waals surface area contributed by atoms with Gasteiger partial charge in [0.25, 0.3) is 0 Å². The van der Waals surface area contributed by atoms with Gasteiger partial charge in [0.2, 0.25) is 0 Å². The summed E-state index contributed by atoms with van der Waals surface area (Å²) in [6, 6.07) is 6.71. The van der Waals surface area contributed by atoms with Crippen molar-refractivity contribution in [3.8, 4) is 0 Å². The standard InChI is InChI=1S/C16H22FN3O/c17-14-3-5-15(6-4-14)20-10-7-13(12-20)11-18-16(21)19-8-1-2-9-19/h3-6,13H,1-2,7-12H2,(H,18,21). The minimum Gasteiger partial charge on any atom is -0.371 e. The summed E-state index contributed by atoms with van der Waals surface area (Å²) in [6.07, 6.45) is 3.31. The van der Waals surface area contributed by atoms with E-state index in [4.69, 9.17) is 0 Å². The minimum atomic E-state index is -0.202. The van der Waals surface area contributed by atoms with Gasteiger partial charge in [-0.2, -0.15) is 0 Å². The number of benzene rings is 1. The van der Waals surface area contributed by atoms with E-state index in [0.29, 0.717) is 5.92 Å². The predicted molar refractivity (Wildman–Crippen MR) is 80.9 cm³/mol. The number of likely N-dealkylation sites (tertiary alicyclic amines) is 1. The summed E-state index contributed by atoms with van der Waals surface area (Å²) >= 11 is 0. The fraction of sp³-hybridized carbons (Fsp3) is 0.562. The number of amides is 2. The van der Waals surface area contributed by atoms with Gasteiger partial charge in [0.05, 0.1) is 0 Å². The molecule has 0 saturated carbocycles. The van der Waals surface area contributed by atoms with Crippen LogP contribution in [0.4, 0.5) is 14.9 Å². The number of nitrogens with zero attached hydrogens (tertiary/aromatic N) is 2. The number of halogens is 1. The number of carbonyl (C=O) groups is 1. The van der Waals surface area contributed by atoms with Crippen LogP contribution < -0.4 is 10.2 Å². The van der Waals surface area contributed by atoms with E-state index in [1.54, 1.807) is 0 Å². The lowest BCUT2D eigenvalue weighted by Gasteiger charge is -2.20. The third-order valence-electron chi connectivity index (χ3n) is 4.41. The summed E-state index contributed by atoms with van der Waals surface area (Å²) in [6.45, 7) is 4.39. The van der Waals surface area contributed by atoms with Crippen molar-refractivity contribution in [2.45, 2.75) is 19.3 Å². The van der Waals surface area contributed by atoms with E-state index >= 15 is 0 Å². The number of hydrogen-bond donors (Lipinski definition) is 1. The highest BCUT2D eigenvalue weighted by atomic mass is 19.1. The van der Waals surface area contributed by atoms with E-state index in [1.165, 1.54) is 12.1 Å². The van der Waals surface area contributed by atoms with E-state index in [1.807, 2.05) is 17.0 Å². The lowest BCUT2D eigenvalue weighted by molar-refractivity contribution is 0.207. The Balaban J connectivity index is 1.46. The van der Waals surface area contributed by atoms with Crippen molar-refractivity contribution < 1.29 is 9.18 Å². The van der Waals surface area contributed by atoms with E-state index < -0.39 is 0 Å². The maximum absolute atomic E-state index is 12.9. The molecule has 1 unspecified atom stereocenters. The first kappa shape index (κ1) is 14.2. The van der Waals surface area contributed by atoms with Crippen molar-refractivity contribution in [2.75, 3.05) is 37.6 Å². The molecule has 2 aliphatic rings. The van der Waals surface area contributed by atoms with E-state index in [9.17, 15) is 9.18 Å². The maximum Gasteiger partial charge on any atom is 0.317 e. The first-order chi connectivity index (χ1) is 10.2. The highest BCUT2D eigenvalue weighted by Crippen LogP contribution is 2.23. The Morgan fingerprint density at radius 1 is 1.19 bits per heavy atom. The van der Waals surface area contributed by atoms with E-state index in [-0.39, 0.29) is 11.8 Å². The van der Waals surface area contributed by atoms with Crippen molar-refractivity contribution in [2.24, 2.45) is 5.92 Å². The summed E-state index contributed by atoms with van der Waals surface area (Å²) in [4.78, 5) is 16.1. The lowest BCUT2D eigenvalue weighted by Crippen LogP contribution is -2.40. The fourth-order valence-electron chi connectivity index (χ4n) is 3.15. The fourth-order valence-corrected chi connectivity index (χ4v) is 3.15. The lowest BCUT2D eigenvalue weighted by atomic mass is 10.1. The molecule has 0 aromatic heterocycles. The summed E-state index contributed by atoms with van der Waals surface area (Å²) < 4.78 is 12.9. The molecular formula is C16H22FN3O. The van der Waals surface area contributed by atoms with Gasteiger partial charge in [-0.15, -0.1) is 0 Å². The second kappa shape index (κ2) is 6.33. The molecule has 1 aromatic carbocycles. The number of urea groups is 1. The zero-order chi connectivity index (χ0) is 14.7. The number of anilines is 1. The molecule has 1 atom stereocenters. The second-order valence-corrected chi connectivity index (χ2v) is 5.96. The Kier molecular flexibility index (Phi) is 4.27. The van der Waals surface area contributed by atoms with Crippen LogP contribution in [0.5, 0.6) is 0 Å². The first-order valence-corrected chi connectivity index (χ1v) is 7.75. The molecule has 2 aliphatic heterocycles. The topological polar surface area (TPSA) is 35.6 Å². The summed E-state index contributed by atoms with van der Waals surface area (Å²) in [5.74, 6) is 0.272. The molecule has 5 heteroatoms. The molecule has 1 aromatic rings. The van der Waals surface area contributed by atoms with Crippen LogP contribution in [0.3, 0.4) is 0 Å². The van der Waals surface area contributed by atoms with Crippen molar-refractivity contribution >= 4 is 11.7 Å². The summed E-state index contributed by atoms with van der Waals surface area (Å²) in [5.41, 5.74) is 1.06. The molecule has 21 heavy (non-hydrogen) atoms. The molecular weight excluding hydrogens is 269 g/mol. The van der Waals surface area contributed by atoms with Gasteiger partial charge in [0.1, 0.15) is 5.82 Å². The van der Waals surface area contributed by atoms with Crippen LogP contribution in [0, 0.1) is 11.7 Å². The van der Waals surface area contributed by atoms with Gasteiger partial charge in [0, 0.05) is 38.4 Å². The maximum atomic E-state index is 12.9. The van der Waals surface area contributed by atoms with Gasteiger partial charge >= 0.3 is 6.03 Å². The van der Waals surface area contributed by atoms with Crippen molar-refractivity contribution in [1.82, 2.24) is 10.2 Å². The van der Waals surface area contributed by atoms with Gasteiger partial charge in [-0.25, -0.2) is 9.18 Å². The van der Waals surface area contributed by atoms with Crippen LogP contribution in [0.1, 0.15) is 19.3 Å². The van der Waals surface area contributed by atoms with Crippen LogP contribution in [0.2, 0.25) is 0 Å². The zero-order valence-corrected chi connectivity index (χ0v) is 12.2. The molecule has 0 radical (unpaired) electrons. The molecule has 0 aliphatic carbocycles. The Morgan fingerprint density at radius 3 is 2.62 bits per heavy atom. The molecule has 2 amide bonds. The molecule has 2 saturated heterocycles. The van der Waals surface area contributed by atoms with Gasteiger partial charge in [0.15, 0.2) is 0 Å². The van der Waals surface area contributed by atoms with Crippen molar-refractivity contribution in [3.63, 3.8) is 0 Å². The summed E-state index contributed by atoms with van der Waals surface area (Å²) in [5, 5.41) is 3.05. The summed E-state index contributed by atoms with van der Waals surface area (Å²) in [7, 11) is 0. The first-order valence-electron chi connectivity index (χ1n) is 7.75. The second-order valence-electron chi connectivity index (χ2n) is 5.96. The van der Waals surface area contributed by atoms with E-state index in [2.05, 4.69) is 10.2 Å². The third kappa shape index (κ3) is 3.46. The van der Waals surface area contributed by atoms with Crippen LogP contribution in [0.15, 0.2) is 24.3 Å². The molecule has 0 spiro atoms. The normalized spacial score (nSPS) is 21.9. The van der Waals surface area contributed by atoms with Crippen LogP contribution >= 0.6 is 0 Å². The highest BCUT2D eigenvalue weighted by molar-refractivity contribution is 5.74. The molecule has 2 heterocycles. The van der Waals surface area contributed by atoms with Crippen LogP contribution in [-0.2, 0) is 0 Å². The molecule has 2 fully saturated rings. The average molecular weight is 291 g/mol. The number of carbonyl (C=O) groups excluding carboxylic acids is 1. The van der Waals surface area contributed by atoms with Gasteiger partial charge < -0.3 is 15.1 Å². The van der Waals surface area contributed by atoms with Crippen LogP contribution in [-0.4, -0.2) is 43.7 Å². The van der Waals surface area contributed by atoms with E-state index in [0.717, 1.165) is 57.7 Å². The Hall–Kier alpha value is -1.78. The quantitative estimate of drug-likeness (QED) is 0.928. The number of nitrogens with one attached hydrogen (secondary N) is 1. The highest BCUT2D eigenvalue weighted by Gasteiger charge is 2.24. The van der Waals surface area contributed by atoms with Crippen LogP contribution in [0.25, 0.3) is 0 Å². The van der Waals surface area contributed by atoms with Gasteiger partial charge in [-0.05, 0) is 49.4 Å². The molecule has 3 rings (SSSR count). The Labute approximate surface area is 124 Å². The van der Waals surface area contributed by atoms with Gasteiger partial charge in [-0.1, -0.05) is 0 Å². The third-order valence-corrected chi connectivity index (χ3v) is 4.41. The Morgan fingerprint density at radius 2 is 1.90 bits per heavy atom. The average Bonchev–Trinajstić information content (AvgIpc) is 3.17. The smallest absolute Gasteiger partial charge is 0.317 e. The zero-order valence-electron chi connectivity index (χ0n) is 12.2. The number of rotatable bonds is 3. The monoisotopic (exact) mass is 291 g/mol. The minimum absolute atomic E-state index is 0.0766.